The summed E-state index contributed by atoms with van der Waals surface area (Å²) in [7, 11) is 0. The minimum atomic E-state index is -0.206. The van der Waals surface area contributed by atoms with Crippen LogP contribution in [0, 0.1) is 5.82 Å². The summed E-state index contributed by atoms with van der Waals surface area (Å²) in [6.07, 6.45) is 1.84. The van der Waals surface area contributed by atoms with E-state index in [9.17, 15) is 4.39 Å². The largest absolute Gasteiger partial charge is 0.491 e. The van der Waals surface area contributed by atoms with Crippen LogP contribution < -0.4 is 15.8 Å². The molecule has 4 heteroatoms. The Morgan fingerprint density at radius 2 is 1.83 bits per heavy atom. The van der Waals surface area contributed by atoms with Crippen LogP contribution in [-0.2, 0) is 13.0 Å². The molecule has 0 radical (unpaired) electrons. The molecule has 3 N–H and O–H groups in total. The van der Waals surface area contributed by atoms with E-state index in [4.69, 9.17) is 10.5 Å². The average molecular weight is 316 g/mol. The zero-order valence-electron chi connectivity index (χ0n) is 13.8. The molecule has 2 aromatic rings. The molecule has 1 unspecified atom stereocenters. The number of ether oxygens (including phenoxy) is 1. The Morgan fingerprint density at radius 1 is 1.13 bits per heavy atom. The first-order chi connectivity index (χ1) is 11.1. The van der Waals surface area contributed by atoms with E-state index in [2.05, 4.69) is 25.2 Å². The summed E-state index contributed by atoms with van der Waals surface area (Å²) in [5, 5.41) is 3.44. The van der Waals surface area contributed by atoms with E-state index in [-0.39, 0.29) is 5.82 Å². The third-order valence-electron chi connectivity index (χ3n) is 3.65. The molecule has 0 saturated carbocycles. The van der Waals surface area contributed by atoms with Crippen molar-refractivity contribution < 1.29 is 9.13 Å². The molecule has 0 heterocycles. The van der Waals surface area contributed by atoms with Gasteiger partial charge in [0, 0.05) is 12.6 Å². The Hall–Kier alpha value is -2.07. The molecular weight excluding hydrogens is 291 g/mol. The van der Waals surface area contributed by atoms with Gasteiger partial charge in [-0.05, 0) is 55.2 Å². The second kappa shape index (κ2) is 8.53. The first-order valence-corrected chi connectivity index (χ1v) is 8.07. The Kier molecular flexibility index (Phi) is 6.41. The van der Waals surface area contributed by atoms with Crippen LogP contribution >= 0.6 is 0 Å². The molecule has 3 nitrogen and oxygen atoms in total. The van der Waals surface area contributed by atoms with Crippen molar-refractivity contribution in [1.82, 2.24) is 5.32 Å². The summed E-state index contributed by atoms with van der Waals surface area (Å²) >= 11 is 0. The number of nitrogen functional groups attached to an aromatic ring is 1. The monoisotopic (exact) mass is 316 g/mol. The van der Waals surface area contributed by atoms with E-state index in [0.29, 0.717) is 24.9 Å². The Labute approximate surface area is 137 Å². The topological polar surface area (TPSA) is 47.3 Å². The zero-order valence-corrected chi connectivity index (χ0v) is 13.8. The summed E-state index contributed by atoms with van der Waals surface area (Å²) in [6, 6.07) is 12.8. The summed E-state index contributed by atoms with van der Waals surface area (Å²) in [4.78, 5) is 0. The van der Waals surface area contributed by atoms with Crippen molar-refractivity contribution in [2.75, 3.05) is 12.3 Å². The molecule has 0 aliphatic heterocycles. The van der Waals surface area contributed by atoms with Gasteiger partial charge in [0.1, 0.15) is 11.6 Å². The lowest BCUT2D eigenvalue weighted by Crippen LogP contribution is -2.27. The third-order valence-corrected chi connectivity index (χ3v) is 3.65. The summed E-state index contributed by atoms with van der Waals surface area (Å²) < 4.78 is 18.5. The highest BCUT2D eigenvalue weighted by molar-refractivity contribution is 5.54. The van der Waals surface area contributed by atoms with Crippen LogP contribution in [0.2, 0.25) is 0 Å². The smallest absolute Gasteiger partial charge is 0.142 e. The van der Waals surface area contributed by atoms with Crippen molar-refractivity contribution in [3.05, 3.63) is 59.4 Å². The van der Waals surface area contributed by atoms with Crippen LogP contribution in [-0.4, -0.2) is 12.6 Å². The van der Waals surface area contributed by atoms with Crippen molar-refractivity contribution in [3.63, 3.8) is 0 Å². The number of anilines is 1. The van der Waals surface area contributed by atoms with Gasteiger partial charge >= 0.3 is 0 Å². The Balaban J connectivity index is 1.85. The SMILES string of the molecule is CCCOc1ccc(CC(C)NCc2ccc(F)cc2)cc1N. The highest BCUT2D eigenvalue weighted by atomic mass is 19.1. The number of nitrogens with one attached hydrogen (secondary N) is 1. The molecule has 0 saturated heterocycles. The van der Waals surface area contributed by atoms with Crippen molar-refractivity contribution in [1.29, 1.82) is 0 Å². The molecule has 2 aromatic carbocycles. The Bertz CT molecular complexity index is 613. The predicted octanol–water partition coefficient (Wildman–Crippen LogP) is 3.92. The second-order valence-electron chi connectivity index (χ2n) is 5.83. The van der Waals surface area contributed by atoms with Gasteiger partial charge in [-0.15, -0.1) is 0 Å². The minimum Gasteiger partial charge on any atom is -0.491 e. The number of rotatable bonds is 8. The lowest BCUT2D eigenvalue weighted by Gasteiger charge is -2.15. The fourth-order valence-corrected chi connectivity index (χ4v) is 2.39. The predicted molar refractivity (Wildman–Crippen MR) is 93.0 cm³/mol. The first kappa shape index (κ1) is 17.3. The number of hydrogen-bond donors (Lipinski definition) is 2. The van der Waals surface area contributed by atoms with Gasteiger partial charge in [0.2, 0.25) is 0 Å². The minimum absolute atomic E-state index is 0.206. The molecule has 0 aliphatic carbocycles. The maximum atomic E-state index is 12.9. The van der Waals surface area contributed by atoms with Crippen molar-refractivity contribution >= 4 is 5.69 Å². The van der Waals surface area contributed by atoms with Crippen LogP contribution in [0.1, 0.15) is 31.4 Å². The van der Waals surface area contributed by atoms with Crippen molar-refractivity contribution in [2.45, 2.75) is 39.3 Å². The molecule has 0 bridgehead atoms. The van der Waals surface area contributed by atoms with Crippen LogP contribution in [0.15, 0.2) is 42.5 Å². The van der Waals surface area contributed by atoms with E-state index in [0.717, 1.165) is 24.2 Å². The lowest BCUT2D eigenvalue weighted by atomic mass is 10.1. The maximum absolute atomic E-state index is 12.9. The molecule has 0 aliphatic rings. The van der Waals surface area contributed by atoms with Gasteiger partial charge in [-0.1, -0.05) is 25.1 Å². The van der Waals surface area contributed by atoms with Gasteiger partial charge in [-0.3, -0.25) is 0 Å². The third kappa shape index (κ3) is 5.57. The van der Waals surface area contributed by atoms with E-state index in [1.807, 2.05) is 12.1 Å². The molecule has 124 valence electrons. The molecule has 0 spiro atoms. The number of nitrogens with two attached hydrogens (primary N) is 1. The fourth-order valence-electron chi connectivity index (χ4n) is 2.39. The molecular formula is C19H25FN2O. The van der Waals surface area contributed by atoms with E-state index in [1.165, 1.54) is 17.7 Å². The zero-order chi connectivity index (χ0) is 16.7. The summed E-state index contributed by atoms with van der Waals surface area (Å²) in [5.74, 6) is 0.546. The first-order valence-electron chi connectivity index (χ1n) is 8.07. The molecule has 0 aromatic heterocycles. The highest BCUT2D eigenvalue weighted by Crippen LogP contribution is 2.23. The van der Waals surface area contributed by atoms with Gasteiger partial charge < -0.3 is 15.8 Å². The van der Waals surface area contributed by atoms with Crippen molar-refractivity contribution in [3.8, 4) is 5.75 Å². The molecule has 1 atom stereocenters. The van der Waals surface area contributed by atoms with Crippen LogP contribution in [0.25, 0.3) is 0 Å². The molecule has 23 heavy (non-hydrogen) atoms. The Morgan fingerprint density at radius 3 is 2.48 bits per heavy atom. The molecule has 0 amide bonds. The number of halogens is 1. The van der Waals surface area contributed by atoms with Gasteiger partial charge in [0.05, 0.1) is 12.3 Å². The van der Waals surface area contributed by atoms with E-state index in [1.54, 1.807) is 12.1 Å². The second-order valence-corrected chi connectivity index (χ2v) is 5.83. The normalized spacial score (nSPS) is 12.1. The van der Waals surface area contributed by atoms with Crippen LogP contribution in [0.3, 0.4) is 0 Å². The van der Waals surface area contributed by atoms with Gasteiger partial charge in [0.15, 0.2) is 0 Å². The molecule has 0 fully saturated rings. The maximum Gasteiger partial charge on any atom is 0.142 e. The van der Waals surface area contributed by atoms with E-state index < -0.39 is 0 Å². The van der Waals surface area contributed by atoms with Gasteiger partial charge in [-0.25, -0.2) is 4.39 Å². The van der Waals surface area contributed by atoms with Crippen LogP contribution in [0.4, 0.5) is 10.1 Å². The number of hydrogen-bond acceptors (Lipinski definition) is 3. The summed E-state index contributed by atoms with van der Waals surface area (Å²) in [5.41, 5.74) is 8.96. The van der Waals surface area contributed by atoms with Gasteiger partial charge in [0.25, 0.3) is 0 Å². The van der Waals surface area contributed by atoms with Gasteiger partial charge in [-0.2, -0.15) is 0 Å². The van der Waals surface area contributed by atoms with Crippen LogP contribution in [0.5, 0.6) is 5.75 Å². The van der Waals surface area contributed by atoms with Crippen molar-refractivity contribution in [2.24, 2.45) is 0 Å². The standard InChI is InChI=1S/C19H25FN2O/c1-3-10-23-19-9-6-16(12-18(19)21)11-14(2)22-13-15-4-7-17(20)8-5-15/h4-9,12,14,22H,3,10-11,13,21H2,1-2H3. The lowest BCUT2D eigenvalue weighted by molar-refractivity contribution is 0.319. The number of benzene rings is 2. The fraction of sp³-hybridized carbons (Fsp3) is 0.368. The summed E-state index contributed by atoms with van der Waals surface area (Å²) in [6.45, 7) is 5.59. The van der Waals surface area contributed by atoms with E-state index >= 15 is 0 Å². The quantitative estimate of drug-likeness (QED) is 0.726. The molecule has 2 rings (SSSR count). The average Bonchev–Trinajstić information content (AvgIpc) is 2.53. The highest BCUT2D eigenvalue weighted by Gasteiger charge is 2.07.